The van der Waals surface area contributed by atoms with Crippen LogP contribution in [0.4, 0.5) is 5.69 Å². The Kier molecular flexibility index (Phi) is 10.1. The van der Waals surface area contributed by atoms with Crippen molar-refractivity contribution in [2.75, 3.05) is 6.61 Å². The van der Waals surface area contributed by atoms with Gasteiger partial charge in [-0.05, 0) is 18.9 Å². The molecule has 1 aromatic carbocycles. The van der Waals surface area contributed by atoms with Crippen LogP contribution in [-0.2, 0) is 19.1 Å². The highest BCUT2D eigenvalue weighted by atomic mass is 16.6. The van der Waals surface area contributed by atoms with Gasteiger partial charge in [0.25, 0.3) is 5.69 Å². The topological polar surface area (TPSA) is 104 Å². The number of Topliss-reactive ketones (excluding diaryl/α,β-unsaturated/α-hetero) is 2. The molecule has 0 amide bonds. The van der Waals surface area contributed by atoms with E-state index in [1.54, 1.807) is 13.0 Å². The summed E-state index contributed by atoms with van der Waals surface area (Å²) in [6, 6.07) is 5.68. The monoisotopic (exact) mass is 391 g/mol. The van der Waals surface area contributed by atoms with E-state index < -0.39 is 22.7 Å². The number of carbonyl (C=O) groups is 3. The number of non-ortho nitro benzene ring substituents is 1. The van der Waals surface area contributed by atoms with Crippen LogP contribution in [0.5, 0.6) is 0 Å². The Morgan fingerprint density at radius 3 is 2.43 bits per heavy atom. The lowest BCUT2D eigenvalue weighted by molar-refractivity contribution is -0.384. The van der Waals surface area contributed by atoms with Gasteiger partial charge in [0.15, 0.2) is 0 Å². The summed E-state index contributed by atoms with van der Waals surface area (Å²) in [5.41, 5.74) is 0.212. The van der Waals surface area contributed by atoms with Crippen molar-refractivity contribution in [1.29, 1.82) is 0 Å². The van der Waals surface area contributed by atoms with Crippen LogP contribution in [0, 0.1) is 16.0 Å². The molecule has 0 aliphatic carbocycles. The van der Waals surface area contributed by atoms with Gasteiger partial charge in [0, 0.05) is 24.5 Å². The third kappa shape index (κ3) is 7.21. The van der Waals surface area contributed by atoms with Crippen LogP contribution < -0.4 is 0 Å². The fraction of sp³-hybridized carbons (Fsp3) is 0.571. The zero-order chi connectivity index (χ0) is 21.1. The number of rotatable bonds is 13. The molecule has 0 aliphatic heterocycles. The highest BCUT2D eigenvalue weighted by Gasteiger charge is 2.34. The lowest BCUT2D eigenvalue weighted by Gasteiger charge is -2.23. The zero-order valence-corrected chi connectivity index (χ0v) is 16.8. The molecule has 28 heavy (non-hydrogen) atoms. The average molecular weight is 391 g/mol. The van der Waals surface area contributed by atoms with E-state index in [4.69, 9.17) is 4.74 Å². The smallest absolute Gasteiger partial charge is 0.306 e. The molecule has 0 saturated heterocycles. The van der Waals surface area contributed by atoms with E-state index >= 15 is 0 Å². The number of ketones is 2. The predicted octanol–water partition coefficient (Wildman–Crippen LogP) is 4.38. The molecule has 0 radical (unpaired) electrons. The molecule has 0 bridgehead atoms. The van der Waals surface area contributed by atoms with Gasteiger partial charge in [0.05, 0.1) is 23.9 Å². The van der Waals surface area contributed by atoms with E-state index in [1.165, 1.54) is 25.1 Å². The van der Waals surface area contributed by atoms with Crippen molar-refractivity contribution in [2.45, 2.75) is 65.2 Å². The van der Waals surface area contributed by atoms with Crippen molar-refractivity contribution in [2.24, 2.45) is 5.92 Å². The first kappa shape index (κ1) is 23.5. The Morgan fingerprint density at radius 2 is 1.86 bits per heavy atom. The lowest BCUT2D eigenvalue weighted by atomic mass is 9.78. The van der Waals surface area contributed by atoms with E-state index in [0.717, 1.165) is 25.7 Å². The Morgan fingerprint density at radius 1 is 1.14 bits per heavy atom. The van der Waals surface area contributed by atoms with Crippen LogP contribution >= 0.6 is 0 Å². The normalized spacial score (nSPS) is 12.8. The molecule has 0 fully saturated rings. The van der Waals surface area contributed by atoms with Gasteiger partial charge < -0.3 is 4.74 Å². The molecule has 0 saturated carbocycles. The molecule has 7 nitrogen and oxygen atoms in total. The maximum Gasteiger partial charge on any atom is 0.306 e. The minimum atomic E-state index is -0.907. The third-order valence-electron chi connectivity index (χ3n) is 4.71. The standard InChI is InChI=1S/C21H29NO6/c1-4-6-7-8-12-28-20(25)14-18(15(3)23)21(19(24)5-2)16-10-9-11-17(13-16)22(26)27/h9-11,13,18,21H,4-8,12,14H2,1-3H3. The van der Waals surface area contributed by atoms with Crippen molar-refractivity contribution < 1.29 is 24.0 Å². The van der Waals surface area contributed by atoms with Gasteiger partial charge in [0.2, 0.25) is 0 Å². The number of nitrogens with zero attached hydrogens (tertiary/aromatic N) is 1. The van der Waals surface area contributed by atoms with Crippen LogP contribution in [0.2, 0.25) is 0 Å². The SMILES string of the molecule is CCCCCCOC(=O)CC(C(C)=O)C(C(=O)CC)c1cccc([N+](=O)[O-])c1. The quantitative estimate of drug-likeness (QED) is 0.214. The van der Waals surface area contributed by atoms with E-state index in [-0.39, 0.29) is 36.7 Å². The van der Waals surface area contributed by atoms with Crippen LogP contribution in [0.15, 0.2) is 24.3 Å². The summed E-state index contributed by atoms with van der Waals surface area (Å²) in [6.45, 7) is 5.36. The lowest BCUT2D eigenvalue weighted by Crippen LogP contribution is -2.29. The van der Waals surface area contributed by atoms with Crippen LogP contribution in [0.25, 0.3) is 0 Å². The Balaban J connectivity index is 2.99. The fourth-order valence-electron chi connectivity index (χ4n) is 3.14. The Bertz CT molecular complexity index is 700. The first-order valence-electron chi connectivity index (χ1n) is 9.74. The summed E-state index contributed by atoms with van der Waals surface area (Å²) in [5.74, 6) is -2.90. The van der Waals surface area contributed by atoms with E-state index in [1.807, 2.05) is 0 Å². The number of nitro benzene ring substituents is 1. The first-order chi connectivity index (χ1) is 13.3. The number of unbranched alkanes of at least 4 members (excludes halogenated alkanes) is 3. The minimum absolute atomic E-state index is 0.156. The summed E-state index contributed by atoms with van der Waals surface area (Å²) >= 11 is 0. The van der Waals surface area contributed by atoms with E-state index in [2.05, 4.69) is 6.92 Å². The Labute approximate surface area is 165 Å². The van der Waals surface area contributed by atoms with Crippen molar-refractivity contribution >= 4 is 23.2 Å². The number of hydrogen-bond acceptors (Lipinski definition) is 6. The number of esters is 1. The van der Waals surface area contributed by atoms with Crippen LogP contribution in [0.3, 0.4) is 0 Å². The van der Waals surface area contributed by atoms with Crippen LogP contribution in [0.1, 0.15) is 70.8 Å². The summed E-state index contributed by atoms with van der Waals surface area (Å²) in [6.07, 6.45) is 3.79. The summed E-state index contributed by atoms with van der Waals surface area (Å²) < 4.78 is 5.22. The maximum absolute atomic E-state index is 12.6. The predicted molar refractivity (Wildman–Crippen MR) is 105 cm³/mol. The molecule has 154 valence electrons. The molecule has 0 aliphatic rings. The van der Waals surface area contributed by atoms with Gasteiger partial charge >= 0.3 is 5.97 Å². The number of nitro groups is 1. The second kappa shape index (κ2) is 12.0. The molecule has 0 aromatic heterocycles. The van der Waals surface area contributed by atoms with Crippen molar-refractivity contribution in [3.8, 4) is 0 Å². The first-order valence-corrected chi connectivity index (χ1v) is 9.74. The molecular formula is C21H29NO6. The summed E-state index contributed by atoms with van der Waals surface area (Å²) in [4.78, 5) is 47.6. The third-order valence-corrected chi connectivity index (χ3v) is 4.71. The van der Waals surface area contributed by atoms with Gasteiger partial charge in [0.1, 0.15) is 11.6 Å². The zero-order valence-electron chi connectivity index (χ0n) is 16.8. The maximum atomic E-state index is 12.6. The number of benzene rings is 1. The van der Waals surface area contributed by atoms with Crippen molar-refractivity contribution in [3.05, 3.63) is 39.9 Å². The Hall–Kier alpha value is -2.57. The molecular weight excluding hydrogens is 362 g/mol. The van der Waals surface area contributed by atoms with Crippen LogP contribution in [-0.4, -0.2) is 29.1 Å². The molecule has 1 aromatic rings. The molecule has 1 rings (SSSR count). The fourth-order valence-corrected chi connectivity index (χ4v) is 3.14. The van der Waals surface area contributed by atoms with Gasteiger partial charge in [-0.15, -0.1) is 0 Å². The highest BCUT2D eigenvalue weighted by molar-refractivity contribution is 5.94. The summed E-state index contributed by atoms with van der Waals surface area (Å²) in [7, 11) is 0. The van der Waals surface area contributed by atoms with Crippen molar-refractivity contribution in [1.82, 2.24) is 0 Å². The van der Waals surface area contributed by atoms with E-state index in [9.17, 15) is 24.5 Å². The summed E-state index contributed by atoms with van der Waals surface area (Å²) in [5, 5.41) is 11.1. The van der Waals surface area contributed by atoms with Crippen molar-refractivity contribution in [3.63, 3.8) is 0 Å². The number of carbonyl (C=O) groups excluding carboxylic acids is 3. The second-order valence-electron chi connectivity index (χ2n) is 6.85. The minimum Gasteiger partial charge on any atom is -0.466 e. The number of ether oxygens (including phenoxy) is 1. The molecule has 2 atom stereocenters. The molecule has 0 N–H and O–H groups in total. The molecule has 2 unspecified atom stereocenters. The van der Waals surface area contributed by atoms with E-state index in [0.29, 0.717) is 5.56 Å². The van der Waals surface area contributed by atoms with Gasteiger partial charge in [-0.3, -0.25) is 24.5 Å². The number of hydrogen-bond donors (Lipinski definition) is 0. The van der Waals surface area contributed by atoms with Gasteiger partial charge in [-0.1, -0.05) is 45.2 Å². The average Bonchev–Trinajstić information content (AvgIpc) is 2.67. The van der Waals surface area contributed by atoms with Gasteiger partial charge in [-0.25, -0.2) is 0 Å². The largest absolute Gasteiger partial charge is 0.466 e. The molecule has 0 spiro atoms. The highest BCUT2D eigenvalue weighted by Crippen LogP contribution is 2.32. The second-order valence-corrected chi connectivity index (χ2v) is 6.85. The molecule has 0 heterocycles. The van der Waals surface area contributed by atoms with Gasteiger partial charge in [-0.2, -0.15) is 0 Å². The molecule has 7 heteroatoms.